The fourth-order valence-corrected chi connectivity index (χ4v) is 1.11. The van der Waals surface area contributed by atoms with Crippen molar-refractivity contribution in [2.75, 3.05) is 6.54 Å². The number of hydrogen-bond donors (Lipinski definition) is 0. The highest BCUT2D eigenvalue weighted by molar-refractivity contribution is 5.97. The molecule has 0 amide bonds. The van der Waals surface area contributed by atoms with E-state index in [1.54, 1.807) is 13.1 Å². The number of esters is 1. The van der Waals surface area contributed by atoms with Gasteiger partial charge < -0.3 is 4.74 Å². The Hall–Kier alpha value is -1.12. The topological polar surface area (TPSA) is 38.7 Å². The van der Waals surface area contributed by atoms with Crippen LogP contribution in [-0.4, -0.2) is 24.8 Å². The van der Waals surface area contributed by atoms with Crippen molar-refractivity contribution in [3.05, 3.63) is 12.2 Å². The second kappa shape index (κ2) is 3.73. The lowest BCUT2D eigenvalue weighted by Crippen LogP contribution is -2.32. The second-order valence-corrected chi connectivity index (χ2v) is 3.63. The number of rotatable bonds is 2. The molecule has 0 aromatic rings. The molecule has 0 aromatic heterocycles. The molecule has 0 aromatic carbocycles. The molecule has 72 valence electrons. The fraction of sp³-hybridized carbons (Fsp3) is 0.600. The predicted molar refractivity (Wildman–Crippen MR) is 51.8 cm³/mol. The minimum Gasteiger partial charge on any atom is -0.462 e. The Kier molecular flexibility index (Phi) is 2.86. The molecule has 0 spiro atoms. The van der Waals surface area contributed by atoms with E-state index in [9.17, 15) is 4.79 Å². The lowest BCUT2D eigenvalue weighted by molar-refractivity contribution is -0.152. The predicted octanol–water partition coefficient (Wildman–Crippen LogP) is 1.58. The third-order valence-corrected chi connectivity index (χ3v) is 1.82. The van der Waals surface area contributed by atoms with Gasteiger partial charge in [-0.15, -0.1) is 0 Å². The van der Waals surface area contributed by atoms with Gasteiger partial charge in [-0.2, -0.15) is 0 Å². The summed E-state index contributed by atoms with van der Waals surface area (Å²) in [5.74, 6) is -0.234. The van der Waals surface area contributed by atoms with E-state index in [0.29, 0.717) is 6.54 Å². The van der Waals surface area contributed by atoms with Gasteiger partial charge >= 0.3 is 5.97 Å². The van der Waals surface area contributed by atoms with Crippen molar-refractivity contribution in [1.82, 2.24) is 0 Å². The van der Waals surface area contributed by atoms with Gasteiger partial charge in [-0.25, -0.2) is 0 Å². The minimum atomic E-state index is -0.664. The molecule has 1 rings (SSSR count). The summed E-state index contributed by atoms with van der Waals surface area (Å²) >= 11 is 0. The van der Waals surface area contributed by atoms with Gasteiger partial charge in [0.05, 0.1) is 12.6 Å². The van der Waals surface area contributed by atoms with E-state index in [2.05, 4.69) is 4.99 Å². The van der Waals surface area contributed by atoms with E-state index in [1.807, 2.05) is 26.0 Å². The van der Waals surface area contributed by atoms with Gasteiger partial charge in [0.1, 0.15) is 5.41 Å². The van der Waals surface area contributed by atoms with Crippen LogP contribution in [0.25, 0.3) is 0 Å². The van der Waals surface area contributed by atoms with E-state index >= 15 is 0 Å². The van der Waals surface area contributed by atoms with E-state index in [1.165, 1.54) is 0 Å². The summed E-state index contributed by atoms with van der Waals surface area (Å²) in [5, 5.41) is 0. The van der Waals surface area contributed by atoms with E-state index in [4.69, 9.17) is 4.74 Å². The first-order chi connectivity index (χ1) is 6.04. The molecule has 0 aliphatic carbocycles. The van der Waals surface area contributed by atoms with Crippen LogP contribution in [-0.2, 0) is 9.53 Å². The summed E-state index contributed by atoms with van der Waals surface area (Å²) in [6.07, 6.45) is 5.29. The number of hydrogen-bond acceptors (Lipinski definition) is 3. The van der Waals surface area contributed by atoms with Crippen LogP contribution in [0, 0.1) is 5.41 Å². The van der Waals surface area contributed by atoms with Gasteiger partial charge in [-0.05, 0) is 20.8 Å². The summed E-state index contributed by atoms with van der Waals surface area (Å²) in [6, 6.07) is 0. The quantitative estimate of drug-likeness (QED) is 0.479. The molecule has 1 atom stereocenters. The maximum atomic E-state index is 11.6. The highest BCUT2D eigenvalue weighted by Gasteiger charge is 2.31. The summed E-state index contributed by atoms with van der Waals surface area (Å²) in [7, 11) is 0. The molecule has 13 heavy (non-hydrogen) atoms. The van der Waals surface area contributed by atoms with Gasteiger partial charge in [-0.3, -0.25) is 9.79 Å². The number of carbonyl (C=O) groups is 1. The molecule has 0 radical (unpaired) electrons. The van der Waals surface area contributed by atoms with Crippen LogP contribution in [0.3, 0.4) is 0 Å². The molecule has 0 bridgehead atoms. The Balaban J connectivity index is 2.68. The highest BCUT2D eigenvalue weighted by Crippen LogP contribution is 2.21. The summed E-state index contributed by atoms with van der Waals surface area (Å²) in [5.41, 5.74) is -0.664. The van der Waals surface area contributed by atoms with Crippen molar-refractivity contribution in [3.8, 4) is 0 Å². The Morgan fingerprint density at radius 3 is 2.77 bits per heavy atom. The third-order valence-electron chi connectivity index (χ3n) is 1.82. The smallest absolute Gasteiger partial charge is 0.321 e. The van der Waals surface area contributed by atoms with Crippen molar-refractivity contribution in [1.29, 1.82) is 0 Å². The SMILES string of the molecule is CC(C)OC(=O)[C@]1(C)C=CCN=C1. The van der Waals surface area contributed by atoms with Crippen LogP contribution in [0.1, 0.15) is 20.8 Å². The van der Waals surface area contributed by atoms with Crippen molar-refractivity contribution < 1.29 is 9.53 Å². The molecular weight excluding hydrogens is 166 g/mol. The zero-order chi connectivity index (χ0) is 9.90. The Morgan fingerprint density at radius 2 is 2.31 bits per heavy atom. The minimum absolute atomic E-state index is 0.0759. The van der Waals surface area contributed by atoms with Crippen LogP contribution >= 0.6 is 0 Å². The molecule has 1 heterocycles. The zero-order valence-electron chi connectivity index (χ0n) is 8.28. The van der Waals surface area contributed by atoms with Crippen molar-refractivity contribution in [2.45, 2.75) is 26.9 Å². The summed E-state index contributed by atoms with van der Waals surface area (Å²) in [4.78, 5) is 15.6. The van der Waals surface area contributed by atoms with Crippen molar-refractivity contribution in [3.63, 3.8) is 0 Å². The van der Waals surface area contributed by atoms with E-state index < -0.39 is 5.41 Å². The standard InChI is InChI=1S/C10H15NO2/c1-8(2)13-9(12)10(3)5-4-6-11-7-10/h4-5,7-8H,6H2,1-3H3/t10-/m1/s1. The number of carbonyl (C=O) groups excluding carboxylic acids is 1. The average molecular weight is 181 g/mol. The highest BCUT2D eigenvalue weighted by atomic mass is 16.5. The molecule has 0 saturated carbocycles. The molecule has 0 fully saturated rings. The van der Waals surface area contributed by atoms with Crippen LogP contribution in [0.5, 0.6) is 0 Å². The summed E-state index contributed by atoms with van der Waals surface area (Å²) in [6.45, 7) is 6.14. The number of ether oxygens (including phenoxy) is 1. The summed E-state index contributed by atoms with van der Waals surface area (Å²) < 4.78 is 5.11. The van der Waals surface area contributed by atoms with Gasteiger partial charge in [0, 0.05) is 6.21 Å². The lowest BCUT2D eigenvalue weighted by Gasteiger charge is -2.22. The van der Waals surface area contributed by atoms with Crippen molar-refractivity contribution >= 4 is 12.2 Å². The monoisotopic (exact) mass is 181 g/mol. The fourth-order valence-electron chi connectivity index (χ4n) is 1.11. The van der Waals surface area contributed by atoms with Crippen LogP contribution in [0.2, 0.25) is 0 Å². The Bertz CT molecular complexity index is 242. The maximum absolute atomic E-state index is 11.6. The van der Waals surface area contributed by atoms with Crippen LogP contribution in [0.4, 0.5) is 0 Å². The van der Waals surface area contributed by atoms with Gasteiger partial charge in [0.15, 0.2) is 0 Å². The first-order valence-electron chi connectivity index (χ1n) is 4.44. The number of dihydropyridines is 1. The Labute approximate surface area is 78.5 Å². The van der Waals surface area contributed by atoms with E-state index in [-0.39, 0.29) is 12.1 Å². The first-order valence-corrected chi connectivity index (χ1v) is 4.44. The lowest BCUT2D eigenvalue weighted by atomic mass is 9.90. The molecule has 1 aliphatic rings. The maximum Gasteiger partial charge on any atom is 0.321 e. The molecule has 0 saturated heterocycles. The molecule has 3 nitrogen and oxygen atoms in total. The Morgan fingerprint density at radius 1 is 1.62 bits per heavy atom. The van der Waals surface area contributed by atoms with Gasteiger partial charge in [-0.1, -0.05) is 12.2 Å². The van der Waals surface area contributed by atoms with Gasteiger partial charge in [0.25, 0.3) is 0 Å². The second-order valence-electron chi connectivity index (χ2n) is 3.63. The normalized spacial score (nSPS) is 26.5. The zero-order valence-corrected chi connectivity index (χ0v) is 8.28. The molecule has 1 aliphatic heterocycles. The van der Waals surface area contributed by atoms with Crippen LogP contribution in [0.15, 0.2) is 17.1 Å². The largest absolute Gasteiger partial charge is 0.462 e. The molecule has 0 N–H and O–H groups in total. The van der Waals surface area contributed by atoms with E-state index in [0.717, 1.165) is 0 Å². The number of nitrogens with zero attached hydrogens (tertiary/aromatic N) is 1. The first kappa shape index (κ1) is 9.96. The molecular formula is C10H15NO2. The molecule has 0 unspecified atom stereocenters. The average Bonchev–Trinajstić information content (AvgIpc) is 2.04. The van der Waals surface area contributed by atoms with Gasteiger partial charge in [0.2, 0.25) is 0 Å². The number of aliphatic imine (C=N–C) groups is 1. The van der Waals surface area contributed by atoms with Crippen LogP contribution < -0.4 is 0 Å². The molecule has 3 heteroatoms. The van der Waals surface area contributed by atoms with Crippen molar-refractivity contribution in [2.24, 2.45) is 10.4 Å². The third kappa shape index (κ3) is 2.41.